The lowest BCUT2D eigenvalue weighted by Gasteiger charge is -2.33. The zero-order valence-electron chi connectivity index (χ0n) is 18.8. The van der Waals surface area contributed by atoms with Gasteiger partial charge in [0.15, 0.2) is 0 Å². The molecule has 6 nitrogen and oxygen atoms in total. The average molecular weight is 434 g/mol. The van der Waals surface area contributed by atoms with Crippen LogP contribution in [0.3, 0.4) is 0 Å². The summed E-state index contributed by atoms with van der Waals surface area (Å²) < 4.78 is 0. The van der Waals surface area contributed by atoms with Crippen LogP contribution in [0.15, 0.2) is 54.6 Å². The molecule has 1 N–H and O–H groups in total. The number of hydrogen-bond acceptors (Lipinski definition) is 3. The van der Waals surface area contributed by atoms with Crippen molar-refractivity contribution in [1.29, 1.82) is 0 Å². The number of piperidine rings is 1. The normalized spacial score (nSPS) is 20.3. The highest BCUT2D eigenvalue weighted by atomic mass is 16.2. The second-order valence-corrected chi connectivity index (χ2v) is 8.98. The Morgan fingerprint density at radius 1 is 0.969 bits per heavy atom. The molecule has 0 unspecified atom stereocenters. The minimum absolute atomic E-state index is 0.00336. The number of anilines is 1. The third-order valence-corrected chi connectivity index (χ3v) is 6.66. The maximum Gasteiger partial charge on any atom is 0.228 e. The van der Waals surface area contributed by atoms with Crippen LogP contribution in [0.2, 0.25) is 0 Å². The predicted molar refractivity (Wildman–Crippen MR) is 124 cm³/mol. The van der Waals surface area contributed by atoms with Crippen molar-refractivity contribution in [3.63, 3.8) is 0 Å². The molecule has 32 heavy (non-hydrogen) atoms. The van der Waals surface area contributed by atoms with Crippen LogP contribution in [0.1, 0.15) is 43.4 Å². The molecule has 0 aliphatic carbocycles. The number of carbonyl (C=O) groups excluding carboxylic acids is 3. The molecule has 168 valence electrons. The fourth-order valence-electron chi connectivity index (χ4n) is 4.62. The van der Waals surface area contributed by atoms with E-state index in [1.807, 2.05) is 73.3 Å². The van der Waals surface area contributed by atoms with Gasteiger partial charge in [0, 0.05) is 37.7 Å². The SMILES string of the molecule is Cc1ccc(N2C[C@@H](C(=O)N3CCC(C(=O)N[C@@H](C)c4ccccc4)CC3)CC2=O)cc1. The van der Waals surface area contributed by atoms with E-state index in [9.17, 15) is 14.4 Å². The monoisotopic (exact) mass is 433 g/mol. The van der Waals surface area contributed by atoms with E-state index in [0.29, 0.717) is 32.5 Å². The number of hydrogen-bond donors (Lipinski definition) is 1. The van der Waals surface area contributed by atoms with Crippen molar-refractivity contribution in [3.8, 4) is 0 Å². The molecule has 0 radical (unpaired) electrons. The lowest BCUT2D eigenvalue weighted by Crippen LogP contribution is -2.45. The van der Waals surface area contributed by atoms with Gasteiger partial charge in [0.05, 0.1) is 12.0 Å². The Morgan fingerprint density at radius 2 is 1.62 bits per heavy atom. The minimum Gasteiger partial charge on any atom is -0.349 e. The van der Waals surface area contributed by atoms with Gasteiger partial charge in [-0.1, -0.05) is 48.0 Å². The Kier molecular flexibility index (Phi) is 6.58. The lowest BCUT2D eigenvalue weighted by molar-refractivity contribution is -0.139. The van der Waals surface area contributed by atoms with Crippen LogP contribution in [0.5, 0.6) is 0 Å². The molecular formula is C26H31N3O3. The zero-order valence-corrected chi connectivity index (χ0v) is 18.8. The van der Waals surface area contributed by atoms with Crippen LogP contribution >= 0.6 is 0 Å². The van der Waals surface area contributed by atoms with Crippen LogP contribution in [-0.4, -0.2) is 42.3 Å². The van der Waals surface area contributed by atoms with E-state index in [0.717, 1.165) is 16.8 Å². The average Bonchev–Trinajstić information content (AvgIpc) is 3.21. The topological polar surface area (TPSA) is 69.7 Å². The van der Waals surface area contributed by atoms with Gasteiger partial charge in [0.1, 0.15) is 0 Å². The summed E-state index contributed by atoms with van der Waals surface area (Å²) in [5, 5.41) is 3.11. The van der Waals surface area contributed by atoms with Crippen molar-refractivity contribution in [2.45, 2.75) is 39.2 Å². The van der Waals surface area contributed by atoms with Crippen molar-refractivity contribution >= 4 is 23.4 Å². The van der Waals surface area contributed by atoms with Crippen LogP contribution in [0.4, 0.5) is 5.69 Å². The van der Waals surface area contributed by atoms with E-state index >= 15 is 0 Å². The van der Waals surface area contributed by atoms with E-state index < -0.39 is 0 Å². The fourth-order valence-corrected chi connectivity index (χ4v) is 4.62. The highest BCUT2D eigenvalue weighted by molar-refractivity contribution is 6.00. The second-order valence-electron chi connectivity index (χ2n) is 8.98. The molecule has 2 aliphatic heterocycles. The number of carbonyl (C=O) groups is 3. The molecule has 2 saturated heterocycles. The van der Waals surface area contributed by atoms with Crippen molar-refractivity contribution in [2.24, 2.45) is 11.8 Å². The summed E-state index contributed by atoms with van der Waals surface area (Å²) in [6.07, 6.45) is 1.56. The molecule has 0 saturated carbocycles. The van der Waals surface area contributed by atoms with Gasteiger partial charge in [-0.2, -0.15) is 0 Å². The molecule has 0 aromatic heterocycles. The van der Waals surface area contributed by atoms with Crippen LogP contribution in [0.25, 0.3) is 0 Å². The maximum absolute atomic E-state index is 13.1. The first-order chi connectivity index (χ1) is 15.4. The number of nitrogens with zero attached hydrogens (tertiary/aromatic N) is 2. The van der Waals surface area contributed by atoms with E-state index in [1.165, 1.54) is 0 Å². The van der Waals surface area contributed by atoms with Crippen LogP contribution in [-0.2, 0) is 14.4 Å². The molecule has 0 spiro atoms. The highest BCUT2D eigenvalue weighted by Crippen LogP contribution is 2.28. The van der Waals surface area contributed by atoms with Crippen LogP contribution < -0.4 is 10.2 Å². The maximum atomic E-state index is 13.1. The Labute approximate surface area is 189 Å². The quantitative estimate of drug-likeness (QED) is 0.785. The first-order valence-electron chi connectivity index (χ1n) is 11.4. The highest BCUT2D eigenvalue weighted by Gasteiger charge is 2.38. The molecule has 6 heteroatoms. The van der Waals surface area contributed by atoms with Gasteiger partial charge in [0.25, 0.3) is 0 Å². The largest absolute Gasteiger partial charge is 0.349 e. The second kappa shape index (κ2) is 9.55. The third kappa shape index (κ3) is 4.85. The summed E-state index contributed by atoms with van der Waals surface area (Å²) in [7, 11) is 0. The van der Waals surface area contributed by atoms with Crippen LogP contribution in [0, 0.1) is 18.8 Å². The Hall–Kier alpha value is -3.15. The first kappa shape index (κ1) is 22.1. The van der Waals surface area contributed by atoms with Gasteiger partial charge in [-0.15, -0.1) is 0 Å². The minimum atomic E-state index is -0.313. The summed E-state index contributed by atoms with van der Waals surface area (Å²) in [5.74, 6) is -0.317. The Bertz CT molecular complexity index is 966. The van der Waals surface area contributed by atoms with Gasteiger partial charge < -0.3 is 15.1 Å². The zero-order chi connectivity index (χ0) is 22.7. The van der Waals surface area contributed by atoms with Gasteiger partial charge in [-0.3, -0.25) is 14.4 Å². The molecule has 0 bridgehead atoms. The number of benzene rings is 2. The number of likely N-dealkylation sites (tertiary alicyclic amines) is 1. The fraction of sp³-hybridized carbons (Fsp3) is 0.423. The summed E-state index contributed by atoms with van der Waals surface area (Å²) in [5.41, 5.74) is 3.06. The number of amides is 3. The van der Waals surface area contributed by atoms with Crippen molar-refractivity contribution in [2.75, 3.05) is 24.5 Å². The Balaban J connectivity index is 1.28. The molecular weight excluding hydrogens is 402 g/mol. The lowest BCUT2D eigenvalue weighted by atomic mass is 9.94. The molecule has 3 amide bonds. The number of nitrogens with one attached hydrogen (secondary N) is 1. The van der Waals surface area contributed by atoms with E-state index in [4.69, 9.17) is 0 Å². The standard InChI is InChI=1S/C26H31N3O3/c1-18-8-10-23(11-9-18)29-17-22(16-24(29)30)26(32)28-14-12-21(13-15-28)25(31)27-19(2)20-6-4-3-5-7-20/h3-11,19,21-22H,12-17H2,1-2H3,(H,27,31)/t19-,22-/m0/s1. The number of rotatable bonds is 5. The first-order valence-corrected chi connectivity index (χ1v) is 11.4. The van der Waals surface area contributed by atoms with Crippen molar-refractivity contribution in [1.82, 2.24) is 10.2 Å². The molecule has 2 heterocycles. The van der Waals surface area contributed by atoms with Crippen molar-refractivity contribution < 1.29 is 14.4 Å². The summed E-state index contributed by atoms with van der Waals surface area (Å²) >= 11 is 0. The van der Waals surface area contributed by atoms with E-state index in [-0.39, 0.29) is 42.0 Å². The van der Waals surface area contributed by atoms with Gasteiger partial charge >= 0.3 is 0 Å². The predicted octanol–water partition coefficient (Wildman–Crippen LogP) is 3.46. The van der Waals surface area contributed by atoms with E-state index in [1.54, 1.807) is 4.90 Å². The molecule has 2 fully saturated rings. The molecule has 2 aromatic carbocycles. The summed E-state index contributed by atoms with van der Waals surface area (Å²) in [6, 6.07) is 17.7. The van der Waals surface area contributed by atoms with Gasteiger partial charge in [0.2, 0.25) is 17.7 Å². The Morgan fingerprint density at radius 3 is 2.28 bits per heavy atom. The smallest absolute Gasteiger partial charge is 0.228 e. The molecule has 2 atom stereocenters. The summed E-state index contributed by atoms with van der Waals surface area (Å²) in [6.45, 7) is 5.55. The number of aryl methyl sites for hydroxylation is 1. The van der Waals surface area contributed by atoms with Crippen molar-refractivity contribution in [3.05, 3.63) is 65.7 Å². The van der Waals surface area contributed by atoms with Gasteiger partial charge in [-0.05, 0) is 44.4 Å². The molecule has 2 aliphatic rings. The third-order valence-electron chi connectivity index (χ3n) is 6.66. The van der Waals surface area contributed by atoms with E-state index in [2.05, 4.69) is 5.32 Å². The summed E-state index contributed by atoms with van der Waals surface area (Å²) in [4.78, 5) is 41.8. The molecule has 4 rings (SSSR count). The van der Waals surface area contributed by atoms with Gasteiger partial charge in [-0.25, -0.2) is 0 Å². The molecule has 2 aromatic rings.